The number of nitrogens with one attached hydrogen (secondary N) is 1. The van der Waals surface area contributed by atoms with Crippen LogP contribution in [0.5, 0.6) is 5.75 Å². The van der Waals surface area contributed by atoms with Crippen molar-refractivity contribution in [2.45, 2.75) is 0 Å². The first-order chi connectivity index (χ1) is 9.07. The summed E-state index contributed by atoms with van der Waals surface area (Å²) < 4.78 is 5.79. The predicted octanol–water partition coefficient (Wildman–Crippen LogP) is 3.19. The number of ether oxygens (including phenoxy) is 1. The maximum Gasteiger partial charge on any atom is 0.163 e. The fraction of sp³-hybridized carbons (Fsp3) is 0.0833. The smallest absolute Gasteiger partial charge is 0.163 e. The molecule has 1 rings (SSSR count). The van der Waals surface area contributed by atoms with Gasteiger partial charge in [-0.25, -0.2) is 0 Å². The van der Waals surface area contributed by atoms with Crippen LogP contribution in [0.2, 0.25) is 5.02 Å². The highest BCUT2D eigenvalue weighted by Gasteiger charge is 2.11. The second-order valence-corrected chi connectivity index (χ2v) is 4.75. The lowest BCUT2D eigenvalue weighted by Crippen LogP contribution is -2.02. The minimum absolute atomic E-state index is 0.118. The Bertz CT molecular complexity index is 648. The monoisotopic (exact) mass is 384 g/mol. The molecule has 0 amide bonds. The molecule has 5 nitrogen and oxygen atoms in total. The van der Waals surface area contributed by atoms with Crippen LogP contribution in [0.4, 0.5) is 5.69 Å². The number of rotatable bonds is 3. The minimum atomic E-state index is -0.285. The Kier molecular flexibility index (Phi) is 5.44. The second kappa shape index (κ2) is 6.84. The molecule has 0 spiro atoms. The van der Waals surface area contributed by atoms with Gasteiger partial charge < -0.3 is 10.1 Å². The third-order valence-electron chi connectivity index (χ3n) is 2.09. The molecule has 7 heteroatoms. The minimum Gasteiger partial charge on any atom is -0.495 e. The summed E-state index contributed by atoms with van der Waals surface area (Å²) in [5, 5.41) is 29.6. The van der Waals surface area contributed by atoms with Gasteiger partial charge in [-0.2, -0.15) is 15.8 Å². The van der Waals surface area contributed by atoms with Crippen molar-refractivity contribution in [3.8, 4) is 24.0 Å². The Labute approximate surface area is 128 Å². The Hall–Kier alpha value is -1.95. The number of allylic oxidation sites excluding steroid dienone is 2. The molecule has 0 fully saturated rings. The molecule has 1 N–H and O–H groups in total. The zero-order valence-electron chi connectivity index (χ0n) is 9.66. The Morgan fingerprint density at radius 2 is 1.89 bits per heavy atom. The van der Waals surface area contributed by atoms with Gasteiger partial charge in [-0.15, -0.1) is 0 Å². The van der Waals surface area contributed by atoms with Crippen molar-refractivity contribution in [3.63, 3.8) is 0 Å². The van der Waals surface area contributed by atoms with Crippen LogP contribution in [0.25, 0.3) is 0 Å². The topological polar surface area (TPSA) is 92.6 Å². The molecular formula is C12H6ClIN4O. The van der Waals surface area contributed by atoms with E-state index in [1.807, 2.05) is 22.6 Å². The number of methoxy groups -OCH3 is 1. The number of hydrogen-bond acceptors (Lipinski definition) is 5. The van der Waals surface area contributed by atoms with E-state index in [4.69, 9.17) is 32.1 Å². The fourth-order valence-electron chi connectivity index (χ4n) is 1.20. The van der Waals surface area contributed by atoms with E-state index in [1.54, 1.807) is 30.3 Å². The molecule has 0 bridgehead atoms. The van der Waals surface area contributed by atoms with E-state index in [0.29, 0.717) is 16.5 Å². The Morgan fingerprint density at radius 3 is 2.37 bits per heavy atom. The van der Waals surface area contributed by atoms with Gasteiger partial charge in [-0.05, 0) is 28.7 Å². The van der Waals surface area contributed by atoms with Crippen molar-refractivity contribution in [2.75, 3.05) is 12.4 Å². The van der Waals surface area contributed by atoms with Crippen LogP contribution in [0.1, 0.15) is 0 Å². The summed E-state index contributed by atoms with van der Waals surface area (Å²) in [5.74, 6) is 0.428. The van der Waals surface area contributed by atoms with E-state index in [1.165, 1.54) is 7.11 Å². The summed E-state index contributed by atoms with van der Waals surface area (Å²) in [4.78, 5) is 0. The van der Waals surface area contributed by atoms with E-state index in [2.05, 4.69) is 5.32 Å². The predicted molar refractivity (Wildman–Crippen MR) is 78.2 cm³/mol. The highest BCUT2D eigenvalue weighted by molar-refractivity contribution is 14.1. The molecule has 0 aliphatic heterocycles. The van der Waals surface area contributed by atoms with Gasteiger partial charge in [0.2, 0.25) is 0 Å². The van der Waals surface area contributed by atoms with E-state index in [9.17, 15) is 0 Å². The quantitative estimate of drug-likeness (QED) is 0.638. The molecule has 19 heavy (non-hydrogen) atoms. The fourth-order valence-corrected chi connectivity index (χ4v) is 2.23. The van der Waals surface area contributed by atoms with Crippen molar-refractivity contribution in [3.05, 3.63) is 32.0 Å². The summed E-state index contributed by atoms with van der Waals surface area (Å²) in [7, 11) is 1.47. The third kappa shape index (κ3) is 3.51. The van der Waals surface area contributed by atoms with Gasteiger partial charge >= 0.3 is 0 Å². The van der Waals surface area contributed by atoms with Crippen molar-refractivity contribution in [2.24, 2.45) is 0 Å². The van der Waals surface area contributed by atoms with Gasteiger partial charge in [-0.3, -0.25) is 0 Å². The first-order valence-electron chi connectivity index (χ1n) is 4.82. The van der Waals surface area contributed by atoms with Crippen molar-refractivity contribution in [1.29, 1.82) is 15.8 Å². The molecule has 0 saturated carbocycles. The lowest BCUT2D eigenvalue weighted by atomic mass is 10.2. The third-order valence-corrected chi connectivity index (χ3v) is 3.27. The number of hydrogen-bond donors (Lipinski definition) is 1. The van der Waals surface area contributed by atoms with E-state index >= 15 is 0 Å². The van der Waals surface area contributed by atoms with Crippen molar-refractivity contribution >= 4 is 39.9 Å². The molecule has 1 aromatic rings. The van der Waals surface area contributed by atoms with Gasteiger partial charge in [0.25, 0.3) is 0 Å². The van der Waals surface area contributed by atoms with Crippen LogP contribution in [-0.4, -0.2) is 7.11 Å². The molecule has 0 atom stereocenters. The van der Waals surface area contributed by atoms with Crippen LogP contribution in [0, 0.1) is 37.6 Å². The normalized spacial score (nSPS) is 8.63. The number of halogens is 2. The largest absolute Gasteiger partial charge is 0.495 e. The van der Waals surface area contributed by atoms with Crippen LogP contribution in [0.3, 0.4) is 0 Å². The van der Waals surface area contributed by atoms with Crippen LogP contribution >= 0.6 is 34.2 Å². The maximum absolute atomic E-state index is 8.96. The van der Waals surface area contributed by atoms with Crippen LogP contribution in [0.15, 0.2) is 23.4 Å². The average Bonchev–Trinajstić information content (AvgIpc) is 2.41. The van der Waals surface area contributed by atoms with Crippen LogP contribution < -0.4 is 10.1 Å². The van der Waals surface area contributed by atoms with Crippen LogP contribution in [-0.2, 0) is 0 Å². The first kappa shape index (κ1) is 15.1. The van der Waals surface area contributed by atoms with Gasteiger partial charge in [0.1, 0.15) is 29.7 Å². The summed E-state index contributed by atoms with van der Waals surface area (Å²) in [6.07, 6.45) is 0. The van der Waals surface area contributed by atoms with Gasteiger partial charge in [0.15, 0.2) is 5.57 Å². The molecule has 0 aliphatic rings. The molecular weight excluding hydrogens is 379 g/mol. The van der Waals surface area contributed by atoms with Gasteiger partial charge in [0.05, 0.1) is 17.8 Å². The SMILES string of the molecule is COc1cc(NC(C#N)=C(C#N)C#N)c(I)cc1Cl. The zero-order chi connectivity index (χ0) is 14.4. The molecule has 0 aromatic heterocycles. The van der Waals surface area contributed by atoms with Gasteiger partial charge in [0, 0.05) is 9.64 Å². The highest BCUT2D eigenvalue weighted by Crippen LogP contribution is 2.32. The molecule has 0 heterocycles. The number of nitrogens with zero attached hydrogens (tertiary/aromatic N) is 3. The lowest BCUT2D eigenvalue weighted by Gasteiger charge is -2.10. The Balaban J connectivity index is 3.28. The molecule has 0 aliphatic carbocycles. The summed E-state index contributed by atoms with van der Waals surface area (Å²) in [6, 6.07) is 8.33. The van der Waals surface area contributed by atoms with Crippen molar-refractivity contribution < 1.29 is 4.74 Å². The second-order valence-electron chi connectivity index (χ2n) is 3.18. The lowest BCUT2D eigenvalue weighted by molar-refractivity contribution is 0.415. The standard InChI is InChI=1S/C12H6ClIN4O/c1-19-12-3-10(9(14)2-8(12)13)18-11(6-17)7(4-15)5-16/h2-3,18H,1H3. The van der Waals surface area contributed by atoms with Gasteiger partial charge in [-0.1, -0.05) is 11.6 Å². The average molecular weight is 385 g/mol. The molecule has 0 radical (unpaired) electrons. The highest BCUT2D eigenvalue weighted by atomic mass is 127. The van der Waals surface area contributed by atoms with Crippen molar-refractivity contribution in [1.82, 2.24) is 0 Å². The maximum atomic E-state index is 8.96. The Morgan fingerprint density at radius 1 is 1.26 bits per heavy atom. The first-order valence-corrected chi connectivity index (χ1v) is 6.27. The molecule has 94 valence electrons. The number of anilines is 1. The number of benzene rings is 1. The molecule has 0 saturated heterocycles. The summed E-state index contributed by atoms with van der Waals surface area (Å²) in [5.41, 5.74) is 0.126. The molecule has 0 unspecified atom stereocenters. The number of nitriles is 3. The summed E-state index contributed by atoms with van der Waals surface area (Å²) in [6.45, 7) is 0. The molecule has 1 aromatic carbocycles. The van der Waals surface area contributed by atoms with E-state index < -0.39 is 0 Å². The summed E-state index contributed by atoms with van der Waals surface area (Å²) >= 11 is 7.97. The zero-order valence-corrected chi connectivity index (χ0v) is 12.6. The van der Waals surface area contributed by atoms with E-state index in [-0.39, 0.29) is 11.3 Å². The van der Waals surface area contributed by atoms with E-state index in [0.717, 1.165) is 3.57 Å².